The summed E-state index contributed by atoms with van der Waals surface area (Å²) in [6.45, 7) is 6.77. The fourth-order valence-electron chi connectivity index (χ4n) is 3.92. The second-order valence-corrected chi connectivity index (χ2v) is 8.27. The predicted molar refractivity (Wildman–Crippen MR) is 106 cm³/mol. The first-order chi connectivity index (χ1) is 12.9. The van der Waals surface area contributed by atoms with Crippen LogP contribution in [0.2, 0.25) is 0 Å². The molecule has 0 aliphatic heterocycles. The molecule has 0 radical (unpaired) electrons. The van der Waals surface area contributed by atoms with Gasteiger partial charge in [0.25, 0.3) is 0 Å². The molecule has 0 unspecified atom stereocenters. The highest BCUT2D eigenvalue weighted by Crippen LogP contribution is 2.41. The van der Waals surface area contributed by atoms with Crippen LogP contribution in [-0.2, 0) is 15.6 Å². The minimum Gasteiger partial charge on any atom is -0.354 e. The van der Waals surface area contributed by atoms with E-state index in [1.165, 1.54) is 0 Å². The first-order valence-corrected chi connectivity index (χ1v) is 9.59. The van der Waals surface area contributed by atoms with Crippen LogP contribution in [0, 0.1) is 18.3 Å². The van der Waals surface area contributed by atoms with Gasteiger partial charge in [-0.25, -0.2) is 0 Å². The van der Waals surface area contributed by atoms with Crippen molar-refractivity contribution >= 4 is 5.91 Å². The Kier molecular flexibility index (Phi) is 5.32. The van der Waals surface area contributed by atoms with E-state index in [9.17, 15) is 4.79 Å². The van der Waals surface area contributed by atoms with Crippen molar-refractivity contribution in [2.24, 2.45) is 0 Å². The van der Waals surface area contributed by atoms with E-state index >= 15 is 0 Å². The maximum Gasteiger partial charge on any atom is 0.230 e. The molecule has 1 aliphatic carbocycles. The van der Waals surface area contributed by atoms with Gasteiger partial charge in [-0.15, -0.1) is 0 Å². The molecule has 1 heterocycles. The van der Waals surface area contributed by atoms with Gasteiger partial charge in [0.15, 0.2) is 0 Å². The van der Waals surface area contributed by atoms with Gasteiger partial charge in [0.2, 0.25) is 5.91 Å². The molecule has 1 aromatic heterocycles. The molecule has 27 heavy (non-hydrogen) atoms. The first-order valence-electron chi connectivity index (χ1n) is 9.59. The van der Waals surface area contributed by atoms with E-state index in [-0.39, 0.29) is 11.3 Å². The average molecular weight is 361 g/mol. The molecule has 1 N–H and O–H groups in total. The summed E-state index contributed by atoms with van der Waals surface area (Å²) in [6.07, 6.45) is 5.68. The van der Waals surface area contributed by atoms with Gasteiger partial charge in [-0.2, -0.15) is 5.26 Å². The molecule has 0 spiro atoms. The number of carbonyl (C=O) groups excluding carboxylic acids is 1. The maximum absolute atomic E-state index is 13.3. The molecule has 0 saturated heterocycles. The fourth-order valence-corrected chi connectivity index (χ4v) is 3.92. The number of hydrogen-bond acceptors (Lipinski definition) is 3. The lowest BCUT2D eigenvalue weighted by Crippen LogP contribution is -2.46. The highest BCUT2D eigenvalue weighted by molar-refractivity contribution is 5.88. The molecule has 1 fully saturated rings. The smallest absolute Gasteiger partial charge is 0.230 e. The largest absolute Gasteiger partial charge is 0.354 e. The summed E-state index contributed by atoms with van der Waals surface area (Å²) >= 11 is 0. The third kappa shape index (κ3) is 3.88. The lowest BCUT2D eigenvalue weighted by molar-refractivity contribution is -0.126. The standard InChI is InChI=1S/C23H27N3O/c1-17-6-11-20(25-15-17)22(2,3)16-26-21(27)23(12-4-5-13-23)19-9-7-18(14-24)8-10-19/h6-11,15H,4-5,12-13,16H2,1-3H3,(H,26,27). The Balaban J connectivity index is 1.77. The monoisotopic (exact) mass is 361 g/mol. The van der Waals surface area contributed by atoms with Gasteiger partial charge in [0.05, 0.1) is 17.0 Å². The van der Waals surface area contributed by atoms with E-state index in [1.54, 1.807) is 0 Å². The highest BCUT2D eigenvalue weighted by Gasteiger charge is 2.43. The zero-order valence-electron chi connectivity index (χ0n) is 16.4. The van der Waals surface area contributed by atoms with Crippen LogP contribution in [0.15, 0.2) is 42.6 Å². The van der Waals surface area contributed by atoms with Gasteiger partial charge < -0.3 is 5.32 Å². The van der Waals surface area contributed by atoms with Crippen molar-refractivity contribution in [2.45, 2.75) is 57.3 Å². The van der Waals surface area contributed by atoms with Gasteiger partial charge in [0, 0.05) is 23.9 Å². The van der Waals surface area contributed by atoms with Crippen LogP contribution in [0.4, 0.5) is 0 Å². The number of amides is 1. The number of benzene rings is 1. The van der Waals surface area contributed by atoms with Crippen molar-refractivity contribution in [1.82, 2.24) is 10.3 Å². The predicted octanol–water partition coefficient (Wildman–Crippen LogP) is 4.17. The molecule has 140 valence electrons. The number of nitrogens with zero attached hydrogens (tertiary/aromatic N) is 2. The van der Waals surface area contributed by atoms with Crippen molar-refractivity contribution in [3.8, 4) is 6.07 Å². The van der Waals surface area contributed by atoms with Gasteiger partial charge >= 0.3 is 0 Å². The zero-order valence-corrected chi connectivity index (χ0v) is 16.4. The van der Waals surface area contributed by atoms with Crippen LogP contribution in [0.5, 0.6) is 0 Å². The van der Waals surface area contributed by atoms with E-state index in [0.717, 1.165) is 42.5 Å². The van der Waals surface area contributed by atoms with Crippen LogP contribution in [-0.4, -0.2) is 17.4 Å². The summed E-state index contributed by atoms with van der Waals surface area (Å²) in [6, 6.07) is 13.7. The molecule has 1 saturated carbocycles. The summed E-state index contributed by atoms with van der Waals surface area (Å²) in [4.78, 5) is 17.8. The minimum atomic E-state index is -0.481. The van der Waals surface area contributed by atoms with E-state index in [2.05, 4.69) is 36.3 Å². The average Bonchev–Trinajstić information content (AvgIpc) is 3.18. The molecular formula is C23H27N3O. The van der Waals surface area contributed by atoms with Gasteiger partial charge in [-0.05, 0) is 49.1 Å². The summed E-state index contributed by atoms with van der Waals surface area (Å²) in [5.41, 5.74) is 3.02. The third-order valence-corrected chi connectivity index (χ3v) is 5.75. The van der Waals surface area contributed by atoms with Crippen LogP contribution >= 0.6 is 0 Å². The highest BCUT2D eigenvalue weighted by atomic mass is 16.2. The summed E-state index contributed by atoms with van der Waals surface area (Å²) in [5, 5.41) is 12.2. The SMILES string of the molecule is Cc1ccc(C(C)(C)CNC(=O)C2(c3ccc(C#N)cc3)CCCC2)nc1. The normalized spacial score (nSPS) is 15.9. The van der Waals surface area contributed by atoms with Crippen LogP contribution in [0.1, 0.15) is 61.9 Å². The Morgan fingerprint density at radius 2 is 1.85 bits per heavy atom. The Morgan fingerprint density at radius 1 is 1.19 bits per heavy atom. The van der Waals surface area contributed by atoms with Crippen molar-refractivity contribution in [1.29, 1.82) is 5.26 Å². The topological polar surface area (TPSA) is 65.8 Å². The van der Waals surface area contributed by atoms with Crippen molar-refractivity contribution in [2.75, 3.05) is 6.54 Å². The summed E-state index contributed by atoms with van der Waals surface area (Å²) in [7, 11) is 0. The number of aromatic nitrogens is 1. The summed E-state index contributed by atoms with van der Waals surface area (Å²) < 4.78 is 0. The number of pyridine rings is 1. The molecule has 1 amide bonds. The van der Waals surface area contributed by atoms with Crippen LogP contribution < -0.4 is 5.32 Å². The lowest BCUT2D eigenvalue weighted by atomic mass is 9.77. The van der Waals surface area contributed by atoms with E-state index in [0.29, 0.717) is 12.1 Å². The Morgan fingerprint density at radius 3 is 2.41 bits per heavy atom. The number of carbonyl (C=O) groups is 1. The number of rotatable bonds is 5. The molecule has 1 aromatic carbocycles. The van der Waals surface area contributed by atoms with E-state index in [4.69, 9.17) is 5.26 Å². The lowest BCUT2D eigenvalue weighted by Gasteiger charge is -2.31. The quantitative estimate of drug-likeness (QED) is 0.869. The molecule has 0 bridgehead atoms. The van der Waals surface area contributed by atoms with Crippen LogP contribution in [0.25, 0.3) is 0 Å². The van der Waals surface area contributed by atoms with Gasteiger partial charge in [0.1, 0.15) is 0 Å². The molecule has 4 nitrogen and oxygen atoms in total. The van der Waals surface area contributed by atoms with Crippen molar-refractivity contribution in [3.05, 3.63) is 65.0 Å². The molecule has 2 aromatic rings. The number of hydrogen-bond donors (Lipinski definition) is 1. The Labute approximate surface area is 161 Å². The number of nitriles is 1. The molecule has 3 rings (SSSR count). The van der Waals surface area contributed by atoms with Crippen molar-refractivity contribution in [3.63, 3.8) is 0 Å². The second-order valence-electron chi connectivity index (χ2n) is 8.27. The van der Waals surface area contributed by atoms with Crippen LogP contribution in [0.3, 0.4) is 0 Å². The Bertz CT molecular complexity index is 839. The summed E-state index contributed by atoms with van der Waals surface area (Å²) in [5.74, 6) is 0.0879. The number of nitrogens with one attached hydrogen (secondary N) is 1. The van der Waals surface area contributed by atoms with Gasteiger partial charge in [-0.3, -0.25) is 9.78 Å². The minimum absolute atomic E-state index is 0.0879. The molecule has 4 heteroatoms. The fraction of sp³-hybridized carbons (Fsp3) is 0.435. The zero-order chi connectivity index (χ0) is 19.5. The van der Waals surface area contributed by atoms with Gasteiger partial charge in [-0.1, -0.05) is 44.9 Å². The third-order valence-electron chi connectivity index (χ3n) is 5.75. The maximum atomic E-state index is 13.3. The molecule has 1 aliphatic rings. The van der Waals surface area contributed by atoms with E-state index < -0.39 is 5.41 Å². The van der Waals surface area contributed by atoms with E-state index in [1.807, 2.05) is 43.5 Å². The first kappa shape index (κ1) is 19.1. The Hall–Kier alpha value is -2.67. The molecular weight excluding hydrogens is 334 g/mol. The van der Waals surface area contributed by atoms with Crippen molar-refractivity contribution < 1.29 is 4.79 Å². The number of aryl methyl sites for hydroxylation is 1. The molecule has 0 atom stereocenters. The second kappa shape index (κ2) is 7.52.